The Hall–Kier alpha value is -1.41. The van der Waals surface area contributed by atoms with Crippen LogP contribution in [-0.2, 0) is 12.3 Å². The fourth-order valence-corrected chi connectivity index (χ4v) is 1.88. The molecule has 1 rings (SSSR count). The lowest BCUT2D eigenvalue weighted by Crippen LogP contribution is -2.59. The van der Waals surface area contributed by atoms with Crippen LogP contribution >= 0.6 is 0 Å². The van der Waals surface area contributed by atoms with Crippen molar-refractivity contribution < 1.29 is 39.5 Å². The molecule has 0 saturated carbocycles. The van der Waals surface area contributed by atoms with Gasteiger partial charge in [0.25, 0.3) is 0 Å². The normalized spacial score (nSPS) is 14.4. The van der Waals surface area contributed by atoms with Gasteiger partial charge in [0.05, 0.1) is 0 Å². The first kappa shape index (κ1) is 19.6. The summed E-state index contributed by atoms with van der Waals surface area (Å²) in [6.45, 7) is 3.58. The van der Waals surface area contributed by atoms with Crippen molar-refractivity contribution in [2.24, 2.45) is 5.92 Å². The Morgan fingerprint density at radius 2 is 1.17 bits per heavy atom. The van der Waals surface area contributed by atoms with Crippen molar-refractivity contribution in [1.82, 2.24) is 0 Å². The van der Waals surface area contributed by atoms with E-state index >= 15 is 0 Å². The van der Waals surface area contributed by atoms with Crippen LogP contribution in [-0.4, -0.2) is 18.0 Å². The number of hydrogen-bond donors (Lipinski definition) is 0. The molecule has 0 aromatic heterocycles. The van der Waals surface area contributed by atoms with Gasteiger partial charge in [0, 0.05) is 5.56 Å². The molecule has 132 valence electrons. The lowest BCUT2D eigenvalue weighted by atomic mass is 9.94. The van der Waals surface area contributed by atoms with Crippen molar-refractivity contribution >= 4 is 0 Å². The van der Waals surface area contributed by atoms with Crippen LogP contribution in [0.5, 0.6) is 0 Å². The molecule has 0 aliphatic heterocycles. The minimum Gasteiger partial charge on any atom is -0.194 e. The number of alkyl halides is 9. The van der Waals surface area contributed by atoms with E-state index in [4.69, 9.17) is 0 Å². The van der Waals surface area contributed by atoms with Gasteiger partial charge in [-0.25, -0.2) is 0 Å². The number of halogens is 9. The smallest absolute Gasteiger partial charge is 0.194 e. The molecule has 0 radical (unpaired) electrons. The van der Waals surface area contributed by atoms with Crippen LogP contribution < -0.4 is 0 Å². The summed E-state index contributed by atoms with van der Waals surface area (Å²) in [5, 5.41) is 0. The maximum Gasteiger partial charge on any atom is 0.460 e. The molecule has 0 saturated heterocycles. The maximum atomic E-state index is 13.6. The largest absolute Gasteiger partial charge is 0.460 e. The monoisotopic (exact) mass is 352 g/mol. The summed E-state index contributed by atoms with van der Waals surface area (Å²) in [5.74, 6) is -19.1. The summed E-state index contributed by atoms with van der Waals surface area (Å²) in [6.07, 6.45) is -6.40. The highest BCUT2D eigenvalue weighted by Crippen LogP contribution is 2.56. The second-order valence-corrected chi connectivity index (χ2v) is 5.52. The minimum atomic E-state index is -6.87. The second-order valence-electron chi connectivity index (χ2n) is 5.52. The van der Waals surface area contributed by atoms with Crippen LogP contribution in [0.2, 0.25) is 0 Å². The molecule has 0 N–H and O–H groups in total. The third-order valence-electron chi connectivity index (χ3n) is 3.11. The van der Waals surface area contributed by atoms with Crippen molar-refractivity contribution in [3.63, 3.8) is 0 Å². The molecule has 0 atom stereocenters. The van der Waals surface area contributed by atoms with Crippen molar-refractivity contribution in [3.05, 3.63) is 35.4 Å². The Bertz CT molecular complexity index is 526. The number of hydrogen-bond acceptors (Lipinski definition) is 0. The molecule has 1 aromatic carbocycles. The van der Waals surface area contributed by atoms with Gasteiger partial charge in [-0.05, 0) is 17.9 Å². The fourth-order valence-electron chi connectivity index (χ4n) is 1.88. The maximum absolute atomic E-state index is 13.6. The van der Waals surface area contributed by atoms with E-state index in [2.05, 4.69) is 0 Å². The van der Waals surface area contributed by atoms with Crippen molar-refractivity contribution in [3.8, 4) is 0 Å². The molecule has 0 spiro atoms. The first-order valence-corrected chi connectivity index (χ1v) is 6.44. The predicted octanol–water partition coefficient (Wildman–Crippen LogP) is 5.81. The second kappa shape index (κ2) is 5.90. The van der Waals surface area contributed by atoms with E-state index in [1.807, 2.05) is 0 Å². The van der Waals surface area contributed by atoms with Gasteiger partial charge in [-0.2, -0.15) is 39.5 Å². The lowest BCUT2D eigenvalue weighted by Gasteiger charge is -2.33. The van der Waals surface area contributed by atoms with Crippen molar-refractivity contribution in [1.29, 1.82) is 0 Å². The molecule has 1 aromatic rings. The average Bonchev–Trinajstić information content (AvgIpc) is 2.36. The molecule has 0 nitrogen and oxygen atoms in total. The van der Waals surface area contributed by atoms with Crippen LogP contribution in [0.3, 0.4) is 0 Å². The molecule has 0 fully saturated rings. The van der Waals surface area contributed by atoms with Crippen LogP contribution in [0.15, 0.2) is 24.3 Å². The van der Waals surface area contributed by atoms with E-state index in [1.165, 1.54) is 0 Å². The summed E-state index contributed by atoms with van der Waals surface area (Å²) in [7, 11) is 0. The van der Waals surface area contributed by atoms with Crippen LogP contribution in [0.4, 0.5) is 39.5 Å². The quantitative estimate of drug-likeness (QED) is 0.587. The minimum absolute atomic E-state index is 0.109. The number of rotatable bonds is 5. The summed E-state index contributed by atoms with van der Waals surface area (Å²) in [5.41, 5.74) is -1.15. The molecule has 0 bridgehead atoms. The zero-order valence-electron chi connectivity index (χ0n) is 12.0. The lowest BCUT2D eigenvalue weighted by molar-refractivity contribution is -0.399. The van der Waals surface area contributed by atoms with Crippen LogP contribution in [0, 0.1) is 5.92 Å². The molecule has 0 aliphatic rings. The van der Waals surface area contributed by atoms with Gasteiger partial charge in [0.1, 0.15) is 0 Å². The summed E-state index contributed by atoms with van der Waals surface area (Å²) in [6, 6.07) is 2.84. The third-order valence-corrected chi connectivity index (χ3v) is 3.11. The predicted molar refractivity (Wildman–Crippen MR) is 64.8 cm³/mol. The highest BCUT2D eigenvalue weighted by atomic mass is 19.4. The zero-order valence-corrected chi connectivity index (χ0v) is 12.0. The molecular weight excluding hydrogens is 339 g/mol. The highest BCUT2D eigenvalue weighted by molar-refractivity contribution is 5.29. The Morgan fingerprint density at radius 3 is 1.52 bits per heavy atom. The first-order chi connectivity index (χ1) is 10.1. The van der Waals surface area contributed by atoms with Gasteiger partial charge in [0.2, 0.25) is 0 Å². The summed E-state index contributed by atoms with van der Waals surface area (Å²) >= 11 is 0. The van der Waals surface area contributed by atoms with Crippen molar-refractivity contribution in [2.45, 2.75) is 44.2 Å². The topological polar surface area (TPSA) is 0 Å². The van der Waals surface area contributed by atoms with Gasteiger partial charge < -0.3 is 0 Å². The Kier molecular flexibility index (Phi) is 5.04. The van der Waals surface area contributed by atoms with Crippen LogP contribution in [0.25, 0.3) is 0 Å². The van der Waals surface area contributed by atoms with Gasteiger partial charge in [-0.3, -0.25) is 0 Å². The van der Waals surface area contributed by atoms with E-state index in [9.17, 15) is 39.5 Å². The molecule has 0 heterocycles. The summed E-state index contributed by atoms with van der Waals surface area (Å²) in [4.78, 5) is 0. The van der Waals surface area contributed by atoms with E-state index in [-0.39, 0.29) is 5.92 Å². The summed E-state index contributed by atoms with van der Waals surface area (Å²) < 4.78 is 115. The van der Waals surface area contributed by atoms with E-state index in [0.29, 0.717) is 24.1 Å². The molecule has 23 heavy (non-hydrogen) atoms. The molecule has 0 aliphatic carbocycles. The Labute approximate surface area is 126 Å². The molecular formula is C14H13F9. The zero-order chi connectivity index (χ0) is 18.3. The molecule has 0 amide bonds. The van der Waals surface area contributed by atoms with Gasteiger partial charge >= 0.3 is 23.9 Å². The standard InChI is InChI=1S/C14H13F9/c1-8(2)7-9-3-5-10(6-4-9)11(15,16)12(17,18)13(19,20)14(21,22)23/h3-6,8H,7H2,1-2H3. The Balaban J connectivity index is 3.24. The third kappa shape index (κ3) is 3.42. The number of benzene rings is 1. The first-order valence-electron chi connectivity index (χ1n) is 6.44. The van der Waals surface area contributed by atoms with E-state index in [0.717, 1.165) is 12.1 Å². The highest BCUT2D eigenvalue weighted by Gasteiger charge is 2.81. The molecule has 0 unspecified atom stereocenters. The SMILES string of the molecule is CC(C)Cc1ccc(C(F)(F)C(F)(F)C(F)(F)C(F)(F)F)cc1. The average molecular weight is 352 g/mol. The Morgan fingerprint density at radius 1 is 0.739 bits per heavy atom. The van der Waals surface area contributed by atoms with E-state index in [1.54, 1.807) is 13.8 Å². The molecule has 9 heteroatoms. The van der Waals surface area contributed by atoms with Crippen LogP contribution in [0.1, 0.15) is 25.0 Å². The van der Waals surface area contributed by atoms with Crippen molar-refractivity contribution in [2.75, 3.05) is 0 Å². The van der Waals surface area contributed by atoms with Gasteiger partial charge in [-0.15, -0.1) is 0 Å². The van der Waals surface area contributed by atoms with E-state index < -0.39 is 29.5 Å². The van der Waals surface area contributed by atoms with Gasteiger partial charge in [0.15, 0.2) is 0 Å². The fraction of sp³-hybridized carbons (Fsp3) is 0.571. The van der Waals surface area contributed by atoms with Gasteiger partial charge in [-0.1, -0.05) is 38.1 Å².